The van der Waals surface area contributed by atoms with Gasteiger partial charge in [-0.1, -0.05) is 30.3 Å². The summed E-state index contributed by atoms with van der Waals surface area (Å²) in [5, 5.41) is 4.35. The van der Waals surface area contributed by atoms with Gasteiger partial charge in [0.05, 0.1) is 10.6 Å². The Balaban J connectivity index is 1.91. The van der Waals surface area contributed by atoms with Crippen molar-refractivity contribution in [3.63, 3.8) is 0 Å². The number of carbonyl (C=O) groups is 1. The minimum absolute atomic E-state index is 0.114. The summed E-state index contributed by atoms with van der Waals surface area (Å²) in [6.07, 6.45) is 0.368. The van der Waals surface area contributed by atoms with Crippen LogP contribution in [-0.4, -0.2) is 33.3 Å². The van der Waals surface area contributed by atoms with Gasteiger partial charge < -0.3 is 5.32 Å². The van der Waals surface area contributed by atoms with Gasteiger partial charge in [-0.3, -0.25) is 9.10 Å². The molecule has 3 rings (SSSR count). The molecule has 3 aromatic carbocycles. The molecule has 0 radical (unpaired) electrons. The van der Waals surface area contributed by atoms with Crippen LogP contribution in [0.5, 0.6) is 0 Å². The number of nitrogens with zero attached hydrogens (tertiary/aromatic N) is 1. The van der Waals surface area contributed by atoms with Gasteiger partial charge in [-0.15, -0.1) is 11.6 Å². The van der Waals surface area contributed by atoms with Crippen molar-refractivity contribution in [1.82, 2.24) is 5.32 Å². The summed E-state index contributed by atoms with van der Waals surface area (Å²) in [6.45, 7) is 0.389. The number of alkyl halides is 1. The standard InChI is InChI=1S/C21H20ClFN2O3S/c22-15-21(26)24-12-3-13-25(19-9-7-18(23)8-10-19)29(27,28)20-11-6-16-4-1-2-5-17(16)14-20/h1-2,4-11,14H,3,12-13,15H2,(H,24,26). The van der Waals surface area contributed by atoms with Crippen LogP contribution in [-0.2, 0) is 14.8 Å². The predicted octanol–water partition coefficient (Wildman–Crippen LogP) is 3.92. The van der Waals surface area contributed by atoms with Gasteiger partial charge in [-0.2, -0.15) is 0 Å². The fourth-order valence-electron chi connectivity index (χ4n) is 2.95. The Kier molecular flexibility index (Phi) is 6.71. The minimum atomic E-state index is -3.89. The summed E-state index contributed by atoms with van der Waals surface area (Å²) in [7, 11) is -3.89. The van der Waals surface area contributed by atoms with Crippen molar-refractivity contribution >= 4 is 44.0 Å². The van der Waals surface area contributed by atoms with Gasteiger partial charge in [0, 0.05) is 13.1 Å². The first-order chi connectivity index (χ1) is 13.9. The van der Waals surface area contributed by atoms with Crippen LogP contribution in [0.4, 0.5) is 10.1 Å². The molecule has 8 heteroatoms. The largest absolute Gasteiger partial charge is 0.355 e. The molecule has 0 aliphatic rings. The predicted molar refractivity (Wildman–Crippen MR) is 113 cm³/mol. The normalized spacial score (nSPS) is 11.4. The highest BCUT2D eigenvalue weighted by molar-refractivity contribution is 7.92. The van der Waals surface area contributed by atoms with Crippen molar-refractivity contribution in [3.8, 4) is 0 Å². The smallest absolute Gasteiger partial charge is 0.264 e. The Labute approximate surface area is 174 Å². The average molecular weight is 435 g/mol. The fraction of sp³-hybridized carbons (Fsp3) is 0.190. The molecule has 0 atom stereocenters. The van der Waals surface area contributed by atoms with Gasteiger partial charge in [0.1, 0.15) is 11.7 Å². The minimum Gasteiger partial charge on any atom is -0.355 e. The lowest BCUT2D eigenvalue weighted by molar-refractivity contribution is -0.118. The molecule has 0 saturated carbocycles. The highest BCUT2D eigenvalue weighted by Gasteiger charge is 2.25. The van der Waals surface area contributed by atoms with Gasteiger partial charge in [0.2, 0.25) is 5.91 Å². The lowest BCUT2D eigenvalue weighted by Crippen LogP contribution is -2.34. The number of rotatable bonds is 8. The van der Waals surface area contributed by atoms with Crippen molar-refractivity contribution in [1.29, 1.82) is 0 Å². The maximum absolute atomic E-state index is 13.4. The van der Waals surface area contributed by atoms with Crippen LogP contribution in [0.15, 0.2) is 71.6 Å². The summed E-state index contributed by atoms with van der Waals surface area (Å²) < 4.78 is 41.3. The van der Waals surface area contributed by atoms with E-state index in [2.05, 4.69) is 5.32 Å². The van der Waals surface area contributed by atoms with Crippen LogP contribution in [0.25, 0.3) is 10.8 Å². The quantitative estimate of drug-likeness (QED) is 0.431. The van der Waals surface area contributed by atoms with E-state index in [1.54, 1.807) is 18.2 Å². The third-order valence-corrected chi connectivity index (χ3v) is 6.47. The van der Waals surface area contributed by atoms with E-state index >= 15 is 0 Å². The SMILES string of the molecule is O=C(CCl)NCCCN(c1ccc(F)cc1)S(=O)(=O)c1ccc2ccccc2c1. The van der Waals surface area contributed by atoms with Crippen LogP contribution in [0.1, 0.15) is 6.42 Å². The van der Waals surface area contributed by atoms with E-state index in [-0.39, 0.29) is 29.8 Å². The van der Waals surface area contributed by atoms with Crippen LogP contribution >= 0.6 is 11.6 Å². The summed E-state index contributed by atoms with van der Waals surface area (Å²) in [5.41, 5.74) is 0.350. The van der Waals surface area contributed by atoms with Crippen molar-refractivity contribution in [3.05, 3.63) is 72.5 Å². The Morgan fingerprint density at radius 1 is 1.00 bits per heavy atom. The number of benzene rings is 3. The van der Waals surface area contributed by atoms with Crippen LogP contribution in [0.2, 0.25) is 0 Å². The lowest BCUT2D eigenvalue weighted by Gasteiger charge is -2.25. The molecule has 0 spiro atoms. The van der Waals surface area contributed by atoms with Gasteiger partial charge in [-0.25, -0.2) is 12.8 Å². The van der Waals surface area contributed by atoms with E-state index in [0.29, 0.717) is 12.1 Å². The molecule has 0 aliphatic carbocycles. The maximum Gasteiger partial charge on any atom is 0.264 e. The zero-order valence-electron chi connectivity index (χ0n) is 15.5. The number of anilines is 1. The molecule has 0 unspecified atom stereocenters. The Morgan fingerprint density at radius 3 is 2.38 bits per heavy atom. The van der Waals surface area contributed by atoms with Crippen molar-refractivity contribution < 1.29 is 17.6 Å². The number of halogens is 2. The van der Waals surface area contributed by atoms with E-state index in [1.807, 2.05) is 24.3 Å². The van der Waals surface area contributed by atoms with Gasteiger partial charge in [-0.05, 0) is 53.6 Å². The van der Waals surface area contributed by atoms with Gasteiger partial charge >= 0.3 is 0 Å². The molecule has 5 nitrogen and oxygen atoms in total. The Bertz CT molecular complexity index is 1100. The van der Waals surface area contributed by atoms with Crippen LogP contribution in [0.3, 0.4) is 0 Å². The van der Waals surface area contributed by atoms with E-state index in [4.69, 9.17) is 11.6 Å². The second kappa shape index (κ2) is 9.24. The number of sulfonamides is 1. The zero-order valence-corrected chi connectivity index (χ0v) is 17.1. The Morgan fingerprint density at radius 2 is 1.69 bits per heavy atom. The van der Waals surface area contributed by atoms with Crippen molar-refractivity contribution in [2.24, 2.45) is 0 Å². The monoisotopic (exact) mass is 434 g/mol. The molecular formula is C21H20ClFN2O3S. The summed E-state index contributed by atoms with van der Waals surface area (Å²) in [5.74, 6) is -0.930. The number of nitrogens with one attached hydrogen (secondary N) is 1. The second-order valence-electron chi connectivity index (χ2n) is 6.40. The zero-order chi connectivity index (χ0) is 20.9. The number of hydrogen-bond acceptors (Lipinski definition) is 3. The molecule has 0 bridgehead atoms. The molecule has 0 fully saturated rings. The first-order valence-corrected chi connectivity index (χ1v) is 11.0. The number of carbonyl (C=O) groups excluding carboxylic acids is 1. The number of hydrogen-bond donors (Lipinski definition) is 1. The van der Waals surface area contributed by atoms with E-state index in [1.165, 1.54) is 28.6 Å². The van der Waals surface area contributed by atoms with Crippen molar-refractivity contribution in [2.45, 2.75) is 11.3 Å². The Hall–Kier alpha value is -2.64. The van der Waals surface area contributed by atoms with Gasteiger partial charge in [0.15, 0.2) is 0 Å². The molecule has 0 aliphatic heterocycles. The van der Waals surface area contributed by atoms with Gasteiger partial charge in [0.25, 0.3) is 10.0 Å². The van der Waals surface area contributed by atoms with E-state index < -0.39 is 15.8 Å². The molecule has 0 saturated heterocycles. The third-order valence-electron chi connectivity index (χ3n) is 4.41. The average Bonchev–Trinajstić information content (AvgIpc) is 2.74. The first kappa shape index (κ1) is 21.1. The number of amides is 1. The molecule has 152 valence electrons. The first-order valence-electron chi connectivity index (χ1n) is 9.01. The summed E-state index contributed by atoms with van der Waals surface area (Å²) in [4.78, 5) is 11.4. The molecule has 3 aromatic rings. The van der Waals surface area contributed by atoms with Crippen LogP contribution in [0, 0.1) is 5.82 Å². The fourth-order valence-corrected chi connectivity index (χ4v) is 4.58. The van der Waals surface area contributed by atoms with Crippen molar-refractivity contribution in [2.75, 3.05) is 23.3 Å². The summed E-state index contributed by atoms with van der Waals surface area (Å²) in [6, 6.07) is 17.7. The van der Waals surface area contributed by atoms with Crippen LogP contribution < -0.4 is 9.62 Å². The molecule has 0 aromatic heterocycles. The maximum atomic E-state index is 13.4. The molecule has 1 amide bonds. The highest BCUT2D eigenvalue weighted by atomic mass is 35.5. The third kappa shape index (κ3) is 5.05. The molecule has 29 heavy (non-hydrogen) atoms. The highest BCUT2D eigenvalue weighted by Crippen LogP contribution is 2.26. The lowest BCUT2D eigenvalue weighted by atomic mass is 10.1. The molecule has 0 heterocycles. The summed E-state index contributed by atoms with van der Waals surface area (Å²) >= 11 is 5.45. The topological polar surface area (TPSA) is 66.5 Å². The molecule has 1 N–H and O–H groups in total. The van der Waals surface area contributed by atoms with E-state index in [0.717, 1.165) is 10.8 Å². The second-order valence-corrected chi connectivity index (χ2v) is 8.53. The number of fused-ring (bicyclic) bond motifs is 1. The van der Waals surface area contributed by atoms with E-state index in [9.17, 15) is 17.6 Å². The molecular weight excluding hydrogens is 415 g/mol.